The molecule has 1 aliphatic rings. The van der Waals surface area contributed by atoms with Crippen molar-refractivity contribution in [2.24, 2.45) is 0 Å². The first kappa shape index (κ1) is 19.3. The average Bonchev–Trinajstić information content (AvgIpc) is 2.66. The summed E-state index contributed by atoms with van der Waals surface area (Å²) in [4.78, 5) is 23.2. The van der Waals surface area contributed by atoms with Crippen molar-refractivity contribution in [2.75, 3.05) is 0 Å². The van der Waals surface area contributed by atoms with Gasteiger partial charge in [0.15, 0.2) is 10.9 Å². The fraction of sp³-hybridized carbons (Fsp3) is 0.158. The van der Waals surface area contributed by atoms with Crippen molar-refractivity contribution in [3.63, 3.8) is 0 Å². The molecule has 0 saturated carbocycles. The number of aromatic hydroxyl groups is 1. The highest BCUT2D eigenvalue weighted by Gasteiger charge is 2.32. The quantitative estimate of drug-likeness (QED) is 0.304. The van der Waals surface area contributed by atoms with Crippen LogP contribution in [0.3, 0.4) is 0 Å². The molecule has 0 amide bonds. The Morgan fingerprint density at radius 1 is 1.29 bits per heavy atom. The summed E-state index contributed by atoms with van der Waals surface area (Å²) in [6.45, 7) is 1.76. The second-order valence-corrected chi connectivity index (χ2v) is 6.55. The molecule has 2 aromatic carbocycles. The second kappa shape index (κ2) is 8.05. The lowest BCUT2D eigenvalue weighted by molar-refractivity contribution is -0.385. The van der Waals surface area contributed by atoms with Gasteiger partial charge < -0.3 is 20.5 Å². The van der Waals surface area contributed by atoms with E-state index >= 15 is 0 Å². The first-order valence-corrected chi connectivity index (χ1v) is 8.74. The third kappa shape index (κ3) is 4.09. The predicted molar refractivity (Wildman–Crippen MR) is 105 cm³/mol. The van der Waals surface area contributed by atoms with Gasteiger partial charge in [-0.1, -0.05) is 36.4 Å². The molecule has 0 unspecified atom stereocenters. The van der Waals surface area contributed by atoms with Gasteiger partial charge in [-0.05, 0) is 36.3 Å². The minimum absolute atomic E-state index is 0.0867. The van der Waals surface area contributed by atoms with Crippen LogP contribution in [0, 0.1) is 10.1 Å². The summed E-state index contributed by atoms with van der Waals surface area (Å²) in [5, 5.41) is 26.9. The Morgan fingerprint density at radius 3 is 2.68 bits per heavy atom. The lowest BCUT2D eigenvalue weighted by Gasteiger charge is -2.29. The molecule has 0 aliphatic carbocycles. The zero-order valence-corrected chi connectivity index (χ0v) is 15.7. The molecule has 3 rings (SSSR count). The van der Waals surface area contributed by atoms with Crippen LogP contribution in [0.5, 0.6) is 5.75 Å². The van der Waals surface area contributed by atoms with Crippen molar-refractivity contribution < 1.29 is 19.6 Å². The molecule has 3 N–H and O–H groups in total. The molecule has 1 atom stereocenters. The van der Waals surface area contributed by atoms with Gasteiger partial charge in [0.05, 0.1) is 16.5 Å². The van der Waals surface area contributed by atoms with Crippen LogP contribution in [0.25, 0.3) is 0 Å². The fourth-order valence-electron chi connectivity index (χ4n) is 2.88. The predicted octanol–water partition coefficient (Wildman–Crippen LogP) is 2.84. The average molecular weight is 399 g/mol. The minimum Gasteiger partial charge on any atom is -0.502 e. The van der Waals surface area contributed by atoms with E-state index in [-0.39, 0.29) is 17.3 Å². The van der Waals surface area contributed by atoms with Gasteiger partial charge in [0.2, 0.25) is 0 Å². The number of allylic oxidation sites excluding steroid dienone is 1. The number of thiocarbonyl (C=S) groups is 1. The Kier molecular flexibility index (Phi) is 5.55. The number of hydrogen-bond donors (Lipinski definition) is 3. The van der Waals surface area contributed by atoms with Gasteiger partial charge in [-0.2, -0.15) is 0 Å². The van der Waals surface area contributed by atoms with Gasteiger partial charge in [-0.3, -0.25) is 10.1 Å². The van der Waals surface area contributed by atoms with E-state index in [0.717, 1.165) is 5.56 Å². The van der Waals surface area contributed by atoms with Crippen LogP contribution < -0.4 is 10.6 Å². The summed E-state index contributed by atoms with van der Waals surface area (Å²) in [5.41, 5.74) is 1.52. The minimum atomic E-state index is -0.753. The van der Waals surface area contributed by atoms with E-state index in [1.54, 1.807) is 6.92 Å². The summed E-state index contributed by atoms with van der Waals surface area (Å²) >= 11 is 5.16. The zero-order chi connectivity index (χ0) is 20.3. The maximum absolute atomic E-state index is 12.8. The first-order chi connectivity index (χ1) is 13.4. The molecule has 0 radical (unpaired) electrons. The number of esters is 1. The highest BCUT2D eigenvalue weighted by molar-refractivity contribution is 7.80. The molecule has 1 aliphatic heterocycles. The number of phenolic OH excluding ortho intramolecular Hbond substituents is 1. The van der Waals surface area contributed by atoms with Crippen LogP contribution >= 0.6 is 12.2 Å². The number of rotatable bonds is 5. The van der Waals surface area contributed by atoms with Crippen LogP contribution in [0.15, 0.2) is 59.8 Å². The van der Waals surface area contributed by atoms with Crippen LogP contribution in [-0.4, -0.2) is 21.1 Å². The highest BCUT2D eigenvalue weighted by Crippen LogP contribution is 2.33. The van der Waals surface area contributed by atoms with Crippen molar-refractivity contribution in [3.05, 3.63) is 81.0 Å². The van der Waals surface area contributed by atoms with E-state index in [2.05, 4.69) is 10.6 Å². The molecule has 8 nitrogen and oxygen atoms in total. The van der Waals surface area contributed by atoms with Gasteiger partial charge in [0.25, 0.3) is 0 Å². The number of carbonyl (C=O) groups is 1. The van der Waals surface area contributed by atoms with E-state index in [1.165, 1.54) is 18.2 Å². The number of nitro benzene ring substituents is 1. The molecule has 144 valence electrons. The standard InChI is InChI=1S/C19H17N3O5S/c1-11-16(18(24)27-10-12-5-3-2-4-6-12)17(21-19(28)20-11)13-7-8-15(23)14(9-13)22(25)26/h2-9,17,23H,10H2,1H3,(H2,20,21,28)/t17-/m1/s1. The van der Waals surface area contributed by atoms with Crippen LogP contribution in [0.4, 0.5) is 5.69 Å². The van der Waals surface area contributed by atoms with E-state index in [0.29, 0.717) is 11.3 Å². The Bertz CT molecular complexity index is 975. The number of nitrogens with zero attached hydrogens (tertiary/aromatic N) is 1. The fourth-order valence-corrected chi connectivity index (χ4v) is 3.15. The Hall–Kier alpha value is -3.46. The van der Waals surface area contributed by atoms with Crippen LogP contribution in [0.2, 0.25) is 0 Å². The van der Waals surface area contributed by atoms with Gasteiger partial charge in [-0.15, -0.1) is 0 Å². The molecule has 0 bridgehead atoms. The number of benzene rings is 2. The molecular formula is C19H17N3O5S. The Morgan fingerprint density at radius 2 is 2.00 bits per heavy atom. The van der Waals surface area contributed by atoms with Crippen molar-refractivity contribution in [1.29, 1.82) is 0 Å². The number of carbonyl (C=O) groups excluding carboxylic acids is 1. The summed E-state index contributed by atoms with van der Waals surface area (Å²) < 4.78 is 5.42. The normalized spacial score (nSPS) is 16.2. The topological polar surface area (TPSA) is 114 Å². The van der Waals surface area contributed by atoms with Crippen LogP contribution in [0.1, 0.15) is 24.1 Å². The van der Waals surface area contributed by atoms with Crippen LogP contribution in [-0.2, 0) is 16.1 Å². The summed E-state index contributed by atoms with van der Waals surface area (Å²) in [6, 6.07) is 12.4. The highest BCUT2D eigenvalue weighted by atomic mass is 32.1. The van der Waals surface area contributed by atoms with E-state index in [4.69, 9.17) is 17.0 Å². The van der Waals surface area contributed by atoms with Crippen molar-refractivity contribution in [3.8, 4) is 5.75 Å². The Balaban J connectivity index is 1.91. The van der Waals surface area contributed by atoms with Crippen molar-refractivity contribution in [2.45, 2.75) is 19.6 Å². The van der Waals surface area contributed by atoms with E-state index in [1.807, 2.05) is 30.3 Å². The summed E-state index contributed by atoms with van der Waals surface area (Å²) in [5.74, 6) is -1.04. The lowest BCUT2D eigenvalue weighted by atomic mass is 9.95. The molecular weight excluding hydrogens is 382 g/mol. The largest absolute Gasteiger partial charge is 0.502 e. The molecule has 0 fully saturated rings. The Labute approximate surface area is 166 Å². The van der Waals surface area contributed by atoms with Crippen molar-refractivity contribution >= 4 is 29.0 Å². The van der Waals surface area contributed by atoms with Crippen molar-refractivity contribution in [1.82, 2.24) is 10.6 Å². The molecule has 0 aromatic heterocycles. The maximum atomic E-state index is 12.8. The lowest BCUT2D eigenvalue weighted by Crippen LogP contribution is -2.45. The summed E-state index contributed by atoms with van der Waals surface area (Å²) in [7, 11) is 0. The van der Waals surface area contributed by atoms with E-state index < -0.39 is 28.4 Å². The number of nitro groups is 1. The monoisotopic (exact) mass is 399 g/mol. The molecule has 0 saturated heterocycles. The zero-order valence-electron chi connectivity index (χ0n) is 14.8. The molecule has 0 spiro atoms. The second-order valence-electron chi connectivity index (χ2n) is 6.14. The number of hydrogen-bond acceptors (Lipinski definition) is 6. The number of nitrogens with one attached hydrogen (secondary N) is 2. The van der Waals surface area contributed by atoms with Gasteiger partial charge in [-0.25, -0.2) is 4.79 Å². The molecule has 1 heterocycles. The summed E-state index contributed by atoms with van der Waals surface area (Å²) in [6.07, 6.45) is 0. The smallest absolute Gasteiger partial charge is 0.338 e. The van der Waals surface area contributed by atoms with Gasteiger partial charge in [0, 0.05) is 11.8 Å². The third-order valence-electron chi connectivity index (χ3n) is 4.23. The molecule has 2 aromatic rings. The number of ether oxygens (including phenoxy) is 1. The number of phenols is 1. The maximum Gasteiger partial charge on any atom is 0.338 e. The van der Waals surface area contributed by atoms with Gasteiger partial charge >= 0.3 is 11.7 Å². The SMILES string of the molecule is CC1=C(C(=O)OCc2ccccc2)[C@@H](c2ccc(O)c([N+](=O)[O-])c2)NC(=S)N1. The van der Waals surface area contributed by atoms with Gasteiger partial charge in [0.1, 0.15) is 6.61 Å². The first-order valence-electron chi connectivity index (χ1n) is 8.33. The third-order valence-corrected chi connectivity index (χ3v) is 4.45. The van der Waals surface area contributed by atoms with E-state index in [9.17, 15) is 20.0 Å². The molecule has 9 heteroatoms. The molecule has 28 heavy (non-hydrogen) atoms.